The summed E-state index contributed by atoms with van der Waals surface area (Å²) in [5.74, 6) is 0.415. The molecule has 32 heavy (non-hydrogen) atoms. The highest BCUT2D eigenvalue weighted by molar-refractivity contribution is 7.89. The number of hydrogen-bond donors (Lipinski definition) is 2. The Bertz CT molecular complexity index is 1320. The molecule has 2 heterocycles. The van der Waals surface area contributed by atoms with Crippen molar-refractivity contribution in [1.82, 2.24) is 19.3 Å². The molecule has 0 atom stereocenters. The van der Waals surface area contributed by atoms with Gasteiger partial charge in [0, 0.05) is 38.0 Å². The number of carbonyl (C=O) groups is 1. The number of benzene rings is 2. The van der Waals surface area contributed by atoms with Crippen LogP contribution >= 0.6 is 11.3 Å². The van der Waals surface area contributed by atoms with Crippen LogP contribution in [-0.2, 0) is 21.9 Å². The second-order valence-electron chi connectivity index (χ2n) is 6.93. The molecule has 2 aromatic heterocycles. The Hall–Kier alpha value is -3.34. The predicted molar refractivity (Wildman–Crippen MR) is 125 cm³/mol. The number of anilines is 1. The van der Waals surface area contributed by atoms with E-state index < -0.39 is 10.0 Å². The summed E-state index contributed by atoms with van der Waals surface area (Å²) >= 11 is 1.33. The number of rotatable bonds is 8. The van der Waals surface area contributed by atoms with Crippen LogP contribution in [0.4, 0.5) is 5.13 Å². The molecule has 8 nitrogen and oxygen atoms in total. The number of nitrogens with zero attached hydrogens (tertiary/aromatic N) is 3. The van der Waals surface area contributed by atoms with E-state index in [1.165, 1.54) is 23.5 Å². The van der Waals surface area contributed by atoms with Gasteiger partial charge in [0.05, 0.1) is 15.5 Å². The van der Waals surface area contributed by atoms with Gasteiger partial charge in [-0.2, -0.15) is 0 Å². The predicted octanol–water partition coefficient (Wildman–Crippen LogP) is 3.52. The van der Waals surface area contributed by atoms with E-state index in [0.29, 0.717) is 5.13 Å². The standard InChI is InChI=1S/C22H21N5O3S2/c1-27-15-14-23-21(27)20-19(16-8-4-2-5-9-16)26-22(31-20)25-18(28)12-13-24-32(29,30)17-10-6-3-7-11-17/h2-11,14-15,24H,12-13H2,1H3,(H,25,26,28). The van der Waals surface area contributed by atoms with Crippen molar-refractivity contribution in [3.05, 3.63) is 73.1 Å². The first kappa shape index (κ1) is 21.9. The topological polar surface area (TPSA) is 106 Å². The number of nitrogens with one attached hydrogen (secondary N) is 2. The van der Waals surface area contributed by atoms with Crippen molar-refractivity contribution in [3.63, 3.8) is 0 Å². The molecule has 0 unspecified atom stereocenters. The number of aromatic nitrogens is 3. The van der Waals surface area contributed by atoms with Gasteiger partial charge >= 0.3 is 0 Å². The molecule has 0 saturated carbocycles. The number of thiazole rings is 1. The largest absolute Gasteiger partial charge is 0.333 e. The molecule has 164 valence electrons. The lowest BCUT2D eigenvalue weighted by atomic mass is 10.1. The van der Waals surface area contributed by atoms with Crippen LogP contribution in [0.3, 0.4) is 0 Å². The monoisotopic (exact) mass is 467 g/mol. The molecule has 10 heteroatoms. The molecule has 0 saturated heterocycles. The van der Waals surface area contributed by atoms with E-state index >= 15 is 0 Å². The van der Waals surface area contributed by atoms with Gasteiger partial charge in [-0.05, 0) is 12.1 Å². The molecule has 4 aromatic rings. The van der Waals surface area contributed by atoms with Gasteiger partial charge in [0.2, 0.25) is 15.9 Å². The van der Waals surface area contributed by atoms with Gasteiger partial charge in [-0.1, -0.05) is 59.9 Å². The Morgan fingerprint density at radius 3 is 2.41 bits per heavy atom. The normalized spacial score (nSPS) is 11.4. The fraction of sp³-hybridized carbons (Fsp3) is 0.136. The Balaban J connectivity index is 1.47. The summed E-state index contributed by atoms with van der Waals surface area (Å²) in [6, 6.07) is 17.7. The van der Waals surface area contributed by atoms with Crippen molar-refractivity contribution in [2.75, 3.05) is 11.9 Å². The summed E-state index contributed by atoms with van der Waals surface area (Å²) < 4.78 is 28.9. The van der Waals surface area contributed by atoms with Crippen LogP contribution < -0.4 is 10.0 Å². The smallest absolute Gasteiger partial charge is 0.240 e. The third-order valence-corrected chi connectivity index (χ3v) is 7.09. The maximum atomic E-state index is 12.4. The van der Waals surface area contributed by atoms with Crippen LogP contribution in [0.15, 0.2) is 78.0 Å². The SMILES string of the molecule is Cn1ccnc1-c1sc(NC(=O)CCNS(=O)(=O)c2ccccc2)nc1-c1ccccc1. The molecule has 0 spiro atoms. The highest BCUT2D eigenvalue weighted by Gasteiger charge is 2.19. The lowest BCUT2D eigenvalue weighted by molar-refractivity contribution is -0.116. The lowest BCUT2D eigenvalue weighted by Gasteiger charge is -2.06. The van der Waals surface area contributed by atoms with Gasteiger partial charge < -0.3 is 9.88 Å². The average Bonchev–Trinajstić information content (AvgIpc) is 3.40. The lowest BCUT2D eigenvalue weighted by Crippen LogP contribution is -2.27. The third-order valence-electron chi connectivity index (χ3n) is 4.64. The fourth-order valence-corrected chi connectivity index (χ4v) is 5.16. The highest BCUT2D eigenvalue weighted by atomic mass is 32.2. The van der Waals surface area contributed by atoms with Crippen molar-refractivity contribution in [1.29, 1.82) is 0 Å². The molecule has 1 amide bonds. The van der Waals surface area contributed by atoms with Gasteiger partial charge in [0.25, 0.3) is 0 Å². The van der Waals surface area contributed by atoms with E-state index in [4.69, 9.17) is 0 Å². The summed E-state index contributed by atoms with van der Waals surface area (Å²) in [6.07, 6.45) is 3.53. The summed E-state index contributed by atoms with van der Waals surface area (Å²) in [5.41, 5.74) is 1.64. The Morgan fingerprint density at radius 2 is 1.75 bits per heavy atom. The Morgan fingerprint density at radius 1 is 1.06 bits per heavy atom. The molecule has 0 radical (unpaired) electrons. The minimum atomic E-state index is -3.66. The second kappa shape index (κ2) is 9.43. The van der Waals surface area contributed by atoms with Crippen LogP contribution in [0.25, 0.3) is 22.0 Å². The first-order valence-electron chi connectivity index (χ1n) is 9.82. The van der Waals surface area contributed by atoms with E-state index in [0.717, 1.165) is 22.0 Å². The molecule has 2 aromatic carbocycles. The zero-order valence-electron chi connectivity index (χ0n) is 17.2. The number of amides is 1. The Kier molecular flexibility index (Phi) is 6.45. The summed E-state index contributed by atoms with van der Waals surface area (Å²) in [5, 5.41) is 3.21. The van der Waals surface area contributed by atoms with Gasteiger partial charge in [0.1, 0.15) is 0 Å². The third kappa shape index (κ3) is 4.93. The summed E-state index contributed by atoms with van der Waals surface area (Å²) in [4.78, 5) is 22.5. The van der Waals surface area contributed by atoms with E-state index in [2.05, 4.69) is 20.0 Å². The van der Waals surface area contributed by atoms with Crippen LogP contribution in [0.1, 0.15) is 6.42 Å². The maximum Gasteiger partial charge on any atom is 0.240 e. The zero-order chi connectivity index (χ0) is 22.6. The van der Waals surface area contributed by atoms with Crippen molar-refractivity contribution in [2.45, 2.75) is 11.3 Å². The molecular formula is C22H21N5O3S2. The van der Waals surface area contributed by atoms with Crippen LogP contribution in [0.5, 0.6) is 0 Å². The number of aryl methyl sites for hydroxylation is 1. The molecule has 4 rings (SSSR count). The quantitative estimate of drug-likeness (QED) is 0.412. The second-order valence-corrected chi connectivity index (χ2v) is 9.70. The summed E-state index contributed by atoms with van der Waals surface area (Å²) in [7, 11) is -1.76. The van der Waals surface area contributed by atoms with Crippen LogP contribution in [-0.4, -0.2) is 35.4 Å². The maximum absolute atomic E-state index is 12.4. The van der Waals surface area contributed by atoms with E-state index in [9.17, 15) is 13.2 Å². The van der Waals surface area contributed by atoms with Crippen molar-refractivity contribution >= 4 is 32.4 Å². The average molecular weight is 468 g/mol. The van der Waals surface area contributed by atoms with E-state index in [-0.39, 0.29) is 23.8 Å². The van der Waals surface area contributed by atoms with Gasteiger partial charge in [-0.15, -0.1) is 0 Å². The summed E-state index contributed by atoms with van der Waals surface area (Å²) in [6.45, 7) is -0.0216. The van der Waals surface area contributed by atoms with Crippen molar-refractivity contribution in [3.8, 4) is 22.0 Å². The van der Waals surface area contributed by atoms with Crippen LogP contribution in [0, 0.1) is 0 Å². The van der Waals surface area contributed by atoms with E-state index in [1.54, 1.807) is 24.4 Å². The van der Waals surface area contributed by atoms with Gasteiger partial charge in [-0.3, -0.25) is 4.79 Å². The molecule has 0 aliphatic carbocycles. The number of hydrogen-bond acceptors (Lipinski definition) is 6. The fourth-order valence-electron chi connectivity index (χ4n) is 3.06. The Labute approximate surface area is 190 Å². The van der Waals surface area contributed by atoms with Crippen LogP contribution in [0.2, 0.25) is 0 Å². The van der Waals surface area contributed by atoms with Gasteiger partial charge in [0.15, 0.2) is 11.0 Å². The zero-order valence-corrected chi connectivity index (χ0v) is 18.9. The number of imidazole rings is 1. The molecule has 0 aliphatic rings. The molecule has 0 bridgehead atoms. The first-order valence-corrected chi connectivity index (χ1v) is 12.1. The molecular weight excluding hydrogens is 446 g/mol. The van der Waals surface area contributed by atoms with Crippen molar-refractivity contribution < 1.29 is 13.2 Å². The van der Waals surface area contributed by atoms with E-state index in [1.807, 2.05) is 48.1 Å². The molecule has 0 fully saturated rings. The molecule has 0 aliphatic heterocycles. The number of carbonyl (C=O) groups excluding carboxylic acids is 1. The first-order chi connectivity index (χ1) is 15.4. The highest BCUT2D eigenvalue weighted by Crippen LogP contribution is 2.38. The van der Waals surface area contributed by atoms with Gasteiger partial charge in [-0.25, -0.2) is 23.1 Å². The van der Waals surface area contributed by atoms with Crippen molar-refractivity contribution in [2.24, 2.45) is 7.05 Å². The number of sulfonamides is 1. The minimum absolute atomic E-state index is 0.0216. The molecule has 2 N–H and O–H groups in total. The minimum Gasteiger partial charge on any atom is -0.333 e.